The minimum atomic E-state index is -0.993. The molecule has 152 valence electrons. The largest absolute Gasteiger partial charge is 0.465 e. The number of nitrogens with zero attached hydrogens (tertiary/aromatic N) is 2. The summed E-state index contributed by atoms with van der Waals surface area (Å²) in [6.07, 6.45) is 3.80. The van der Waals surface area contributed by atoms with Crippen molar-refractivity contribution in [2.45, 2.75) is 6.54 Å². The van der Waals surface area contributed by atoms with Gasteiger partial charge >= 0.3 is 6.09 Å². The predicted molar refractivity (Wildman–Crippen MR) is 118 cm³/mol. The third kappa shape index (κ3) is 5.93. The summed E-state index contributed by atoms with van der Waals surface area (Å²) in [7, 11) is 1.50. The van der Waals surface area contributed by atoms with Crippen molar-refractivity contribution in [2.75, 3.05) is 12.4 Å². The molecule has 0 radical (unpaired) electrons. The normalized spacial score (nSPS) is 10.7. The second-order valence-electron chi connectivity index (χ2n) is 6.64. The van der Waals surface area contributed by atoms with Crippen LogP contribution in [0.4, 0.5) is 10.5 Å². The molecule has 2 amide bonds. The van der Waals surface area contributed by atoms with Gasteiger partial charge in [-0.3, -0.25) is 9.78 Å². The summed E-state index contributed by atoms with van der Waals surface area (Å²) in [5.41, 5.74) is 4.09. The van der Waals surface area contributed by atoms with E-state index in [-0.39, 0.29) is 12.5 Å². The van der Waals surface area contributed by atoms with E-state index in [2.05, 4.69) is 10.3 Å². The van der Waals surface area contributed by atoms with Gasteiger partial charge in [0.2, 0.25) is 5.91 Å². The third-order valence-corrected chi connectivity index (χ3v) is 4.59. The fourth-order valence-electron chi connectivity index (χ4n) is 2.70. The van der Waals surface area contributed by atoms with Crippen molar-refractivity contribution >= 4 is 35.4 Å². The van der Waals surface area contributed by atoms with Crippen LogP contribution in [-0.4, -0.2) is 34.0 Å². The van der Waals surface area contributed by atoms with Crippen molar-refractivity contribution < 1.29 is 14.7 Å². The highest BCUT2D eigenvalue weighted by Gasteiger charge is 2.06. The van der Waals surface area contributed by atoms with Crippen LogP contribution in [0.2, 0.25) is 5.02 Å². The maximum atomic E-state index is 12.1. The first-order valence-corrected chi connectivity index (χ1v) is 9.52. The topological polar surface area (TPSA) is 82.5 Å². The molecule has 1 heterocycles. The van der Waals surface area contributed by atoms with Crippen molar-refractivity contribution in [2.24, 2.45) is 0 Å². The van der Waals surface area contributed by atoms with E-state index in [0.717, 1.165) is 16.7 Å². The first kappa shape index (κ1) is 21.1. The van der Waals surface area contributed by atoms with Gasteiger partial charge < -0.3 is 15.3 Å². The van der Waals surface area contributed by atoms with Gasteiger partial charge in [0.1, 0.15) is 0 Å². The molecular weight excluding hydrogens is 402 g/mol. The molecule has 3 aromatic rings. The number of pyridine rings is 1. The van der Waals surface area contributed by atoms with Gasteiger partial charge in [-0.05, 0) is 47.5 Å². The van der Waals surface area contributed by atoms with E-state index in [0.29, 0.717) is 16.4 Å². The van der Waals surface area contributed by atoms with Gasteiger partial charge in [-0.15, -0.1) is 0 Å². The SMILES string of the molecule is CN(Cc1ccc(NC(=O)/C=C/c2ccc(-c3ccc(Cl)cc3)cn2)cc1)C(=O)O. The molecule has 0 unspecified atom stereocenters. The van der Waals surface area contributed by atoms with Crippen molar-refractivity contribution in [1.29, 1.82) is 0 Å². The van der Waals surface area contributed by atoms with Gasteiger partial charge in [-0.2, -0.15) is 0 Å². The van der Waals surface area contributed by atoms with Gasteiger partial charge in [0.15, 0.2) is 0 Å². The minimum Gasteiger partial charge on any atom is -0.465 e. The fourth-order valence-corrected chi connectivity index (χ4v) is 2.82. The van der Waals surface area contributed by atoms with Crippen molar-refractivity contribution in [1.82, 2.24) is 9.88 Å². The molecule has 0 aliphatic heterocycles. The average Bonchev–Trinajstić information content (AvgIpc) is 2.74. The predicted octanol–water partition coefficient (Wildman–Crippen LogP) is 5.16. The highest BCUT2D eigenvalue weighted by atomic mass is 35.5. The number of carboxylic acid groups (broad SMARTS) is 1. The lowest BCUT2D eigenvalue weighted by atomic mass is 10.1. The van der Waals surface area contributed by atoms with E-state index in [1.165, 1.54) is 18.0 Å². The highest BCUT2D eigenvalue weighted by Crippen LogP contribution is 2.21. The Balaban J connectivity index is 1.56. The summed E-state index contributed by atoms with van der Waals surface area (Å²) >= 11 is 5.91. The van der Waals surface area contributed by atoms with Crippen LogP contribution < -0.4 is 5.32 Å². The Morgan fingerprint density at radius 3 is 2.30 bits per heavy atom. The molecule has 0 fully saturated rings. The standard InChI is InChI=1S/C23H20ClN3O3/c1-27(23(29)30)15-16-2-9-21(10-3-16)26-22(28)13-12-20-11-6-18(14-25-20)17-4-7-19(24)8-5-17/h2-14H,15H2,1H3,(H,26,28)(H,29,30)/b13-12+. The highest BCUT2D eigenvalue weighted by molar-refractivity contribution is 6.30. The third-order valence-electron chi connectivity index (χ3n) is 4.34. The molecule has 2 N–H and O–H groups in total. The zero-order valence-corrected chi connectivity index (χ0v) is 17.0. The Bertz CT molecular complexity index is 1050. The van der Waals surface area contributed by atoms with Crippen LogP contribution in [0.25, 0.3) is 17.2 Å². The first-order valence-electron chi connectivity index (χ1n) is 9.15. The number of halogens is 1. The number of rotatable bonds is 6. The molecule has 0 aliphatic carbocycles. The summed E-state index contributed by atoms with van der Waals surface area (Å²) < 4.78 is 0. The van der Waals surface area contributed by atoms with Crippen molar-refractivity contribution in [3.8, 4) is 11.1 Å². The number of carbonyl (C=O) groups excluding carboxylic acids is 1. The summed E-state index contributed by atoms with van der Waals surface area (Å²) in [6, 6.07) is 18.3. The summed E-state index contributed by atoms with van der Waals surface area (Å²) in [4.78, 5) is 28.5. The molecule has 0 atom stereocenters. The zero-order chi connectivity index (χ0) is 21.5. The van der Waals surface area contributed by atoms with Crippen molar-refractivity contribution in [3.63, 3.8) is 0 Å². The smallest absolute Gasteiger partial charge is 0.407 e. The molecule has 0 aliphatic rings. The van der Waals surface area contributed by atoms with Gasteiger partial charge in [0.05, 0.1) is 5.69 Å². The van der Waals surface area contributed by atoms with Gasteiger partial charge in [0, 0.05) is 42.1 Å². The second-order valence-corrected chi connectivity index (χ2v) is 7.07. The summed E-state index contributed by atoms with van der Waals surface area (Å²) in [5.74, 6) is -0.283. The fraction of sp³-hybridized carbons (Fsp3) is 0.0870. The number of amides is 2. The quantitative estimate of drug-likeness (QED) is 0.538. The molecule has 1 aromatic heterocycles. The average molecular weight is 422 g/mol. The van der Waals surface area contributed by atoms with Crippen molar-refractivity contribution in [3.05, 3.63) is 89.2 Å². The van der Waals surface area contributed by atoms with Crippen LogP contribution in [-0.2, 0) is 11.3 Å². The molecule has 6 nitrogen and oxygen atoms in total. The number of hydrogen-bond donors (Lipinski definition) is 2. The van der Waals surface area contributed by atoms with Crippen LogP contribution in [0.5, 0.6) is 0 Å². The minimum absolute atomic E-state index is 0.279. The van der Waals surface area contributed by atoms with Crippen LogP contribution in [0.3, 0.4) is 0 Å². The molecule has 0 spiro atoms. The molecule has 0 saturated carbocycles. The van der Waals surface area contributed by atoms with Crippen LogP contribution in [0.1, 0.15) is 11.3 Å². The molecular formula is C23H20ClN3O3. The maximum Gasteiger partial charge on any atom is 0.407 e. The maximum absolute atomic E-state index is 12.1. The van der Waals surface area contributed by atoms with E-state index >= 15 is 0 Å². The van der Waals surface area contributed by atoms with E-state index in [9.17, 15) is 9.59 Å². The summed E-state index contributed by atoms with van der Waals surface area (Å²) in [6.45, 7) is 0.279. The Morgan fingerprint density at radius 1 is 1.03 bits per heavy atom. The Labute approximate surface area is 179 Å². The van der Waals surface area contributed by atoms with Gasteiger partial charge in [-0.1, -0.05) is 41.9 Å². The summed E-state index contributed by atoms with van der Waals surface area (Å²) in [5, 5.41) is 12.3. The number of anilines is 1. The van der Waals surface area contributed by atoms with E-state index in [1.54, 1.807) is 36.5 Å². The number of hydrogen-bond acceptors (Lipinski definition) is 3. The number of carbonyl (C=O) groups is 2. The zero-order valence-electron chi connectivity index (χ0n) is 16.2. The molecule has 30 heavy (non-hydrogen) atoms. The number of benzene rings is 2. The van der Waals surface area contributed by atoms with Crippen LogP contribution in [0.15, 0.2) is 72.9 Å². The van der Waals surface area contributed by atoms with E-state index in [4.69, 9.17) is 16.7 Å². The van der Waals surface area contributed by atoms with E-state index < -0.39 is 6.09 Å². The lowest BCUT2D eigenvalue weighted by molar-refractivity contribution is -0.111. The number of aromatic nitrogens is 1. The van der Waals surface area contributed by atoms with Gasteiger partial charge in [-0.25, -0.2) is 4.79 Å². The molecule has 0 saturated heterocycles. The first-order chi connectivity index (χ1) is 14.4. The second kappa shape index (κ2) is 9.71. The molecule has 0 bridgehead atoms. The molecule has 7 heteroatoms. The molecule has 3 rings (SSSR count). The van der Waals surface area contributed by atoms with Crippen LogP contribution in [0, 0.1) is 0 Å². The van der Waals surface area contributed by atoms with Crippen LogP contribution >= 0.6 is 11.6 Å². The molecule has 2 aromatic carbocycles. The monoisotopic (exact) mass is 421 g/mol. The van der Waals surface area contributed by atoms with E-state index in [1.807, 2.05) is 36.4 Å². The Hall–Kier alpha value is -3.64. The Kier molecular flexibility index (Phi) is 6.83. The number of nitrogens with one attached hydrogen (secondary N) is 1. The lowest BCUT2D eigenvalue weighted by Gasteiger charge is -2.13. The van der Waals surface area contributed by atoms with Gasteiger partial charge in [0.25, 0.3) is 0 Å². The Morgan fingerprint density at radius 2 is 1.70 bits per heavy atom. The lowest BCUT2D eigenvalue weighted by Crippen LogP contribution is -2.23.